The van der Waals surface area contributed by atoms with Gasteiger partial charge in [-0.2, -0.15) is 21.9 Å². The van der Waals surface area contributed by atoms with Gasteiger partial charge in [-0.3, -0.25) is 19.2 Å². The van der Waals surface area contributed by atoms with Crippen LogP contribution in [-0.2, 0) is 20.2 Å². The molecule has 4 aromatic carbocycles. The third kappa shape index (κ3) is 9.76. The van der Waals surface area contributed by atoms with E-state index in [1.165, 1.54) is 36.4 Å². The van der Waals surface area contributed by atoms with E-state index in [4.69, 9.17) is 11.5 Å². The Morgan fingerprint density at radius 2 is 1.33 bits per heavy atom. The number of nitrogen functional groups attached to an aromatic ring is 2. The summed E-state index contributed by atoms with van der Waals surface area (Å²) in [5, 5.41) is 48.8. The van der Waals surface area contributed by atoms with Crippen molar-refractivity contribution in [1.29, 1.82) is 0 Å². The molecule has 0 bridgehead atoms. The van der Waals surface area contributed by atoms with Crippen LogP contribution in [0.25, 0.3) is 0 Å². The number of phenols is 1. The summed E-state index contributed by atoms with van der Waals surface area (Å²) >= 11 is 0. The molecule has 240 valence electrons. The molecule has 0 heterocycles. The summed E-state index contributed by atoms with van der Waals surface area (Å²) in [6.45, 7) is 0. The van der Waals surface area contributed by atoms with Crippen LogP contribution in [0, 0.1) is 10.1 Å². The number of anilines is 4. The molecule has 19 nitrogen and oxygen atoms in total. The van der Waals surface area contributed by atoms with Crippen molar-refractivity contribution >= 4 is 137 Å². The predicted octanol–water partition coefficient (Wildman–Crippen LogP) is 4.47. The average molecular weight is 719 g/mol. The van der Waals surface area contributed by atoms with Crippen LogP contribution in [0.4, 0.5) is 51.2 Å². The second kappa shape index (κ2) is 15.9. The molecule has 0 saturated carbocycles. The van der Waals surface area contributed by atoms with E-state index in [-0.39, 0.29) is 93.2 Å². The minimum absolute atomic E-state index is 0. The number of nitrogens with two attached hydrogens (primary N) is 2. The largest absolute Gasteiger partial charge is 0.505 e. The monoisotopic (exact) mass is 718 g/mol. The van der Waals surface area contributed by atoms with Crippen LogP contribution >= 0.6 is 0 Å². The van der Waals surface area contributed by atoms with Gasteiger partial charge in [0.15, 0.2) is 5.75 Å². The number of rotatable bonds is 10. The van der Waals surface area contributed by atoms with Crippen LogP contribution in [0.2, 0.25) is 0 Å². The summed E-state index contributed by atoms with van der Waals surface area (Å²) < 4.78 is 65.4. The zero-order valence-electron chi connectivity index (χ0n) is 24.7. The molecule has 0 aliphatic rings. The maximum atomic E-state index is 11.8. The van der Waals surface area contributed by atoms with Gasteiger partial charge in [0.2, 0.25) is 0 Å². The number of aromatic hydroxyl groups is 1. The van der Waals surface area contributed by atoms with Crippen molar-refractivity contribution in [1.82, 2.24) is 0 Å². The molecule has 0 saturated heterocycles. The number of nitro benzene ring substituents is 1. The molecule has 0 unspecified atom stereocenters. The molecule has 0 aliphatic heterocycles. The fraction of sp³-hybridized carbons (Fsp3) is 0. The first-order chi connectivity index (χ1) is 21.4. The topological polar surface area (TPSA) is 323 Å². The van der Waals surface area contributed by atoms with E-state index >= 15 is 0 Å². The molecular formula is C25H20N8Na2O11S2. The first-order valence-corrected chi connectivity index (χ1v) is 15.1. The van der Waals surface area contributed by atoms with E-state index in [0.717, 1.165) is 12.1 Å². The predicted molar refractivity (Wildman–Crippen MR) is 173 cm³/mol. The zero-order chi connectivity index (χ0) is 34.0. The quantitative estimate of drug-likeness (QED) is 0.0297. The van der Waals surface area contributed by atoms with Crippen molar-refractivity contribution < 1.29 is 45.9 Å². The molecule has 23 heteroatoms. The third-order valence-electron chi connectivity index (χ3n) is 5.91. The number of carbonyl (C=O) groups is 1. The maximum Gasteiger partial charge on any atom is 0.339 e. The number of hydrogen-bond acceptors (Lipinski definition) is 15. The van der Waals surface area contributed by atoms with Gasteiger partial charge in [0.05, 0.1) is 32.6 Å². The molecule has 4 aromatic rings. The van der Waals surface area contributed by atoms with Crippen LogP contribution in [0.3, 0.4) is 0 Å². The Kier molecular flexibility index (Phi) is 13.3. The van der Waals surface area contributed by atoms with Gasteiger partial charge in [-0.1, -0.05) is 0 Å². The standard InChI is InChI=1S/C25H20N8O11S2.2Na/c26-17-10-18(27)21(31-32-22-9-15(45(39,40)41)8-16(24(22)34)25(35)36)11-20(17)30-29-13-3-1-12(2-4-13)28-19-6-5-14(33(37)38)7-23(19)46(42,43)44;;/h1-11,28,34H,26-27H2,(H,35,36)(H,39,40,41)(H,42,43,44);;. The van der Waals surface area contributed by atoms with E-state index < -0.39 is 63.6 Å². The van der Waals surface area contributed by atoms with Crippen LogP contribution in [0.5, 0.6) is 5.75 Å². The Morgan fingerprint density at radius 3 is 1.85 bits per heavy atom. The number of aromatic carboxylic acids is 1. The van der Waals surface area contributed by atoms with E-state index in [1.807, 2.05) is 0 Å². The van der Waals surface area contributed by atoms with E-state index in [0.29, 0.717) is 23.9 Å². The number of azo groups is 2. The van der Waals surface area contributed by atoms with Crippen molar-refractivity contribution in [3.05, 3.63) is 82.4 Å². The normalized spacial score (nSPS) is 11.5. The molecule has 0 aliphatic carbocycles. The maximum absolute atomic E-state index is 11.8. The molecule has 0 fully saturated rings. The third-order valence-corrected chi connectivity index (χ3v) is 7.63. The minimum atomic E-state index is -4.87. The number of nitrogens with zero attached hydrogens (tertiary/aromatic N) is 5. The van der Waals surface area contributed by atoms with Crippen LogP contribution in [-0.4, -0.2) is 106 Å². The molecule has 0 aromatic heterocycles. The molecule has 48 heavy (non-hydrogen) atoms. The fourth-order valence-corrected chi connectivity index (χ4v) is 4.89. The second-order valence-corrected chi connectivity index (χ2v) is 11.9. The summed E-state index contributed by atoms with van der Waals surface area (Å²) in [6.07, 6.45) is 0. The Balaban J connectivity index is 0.00000400. The first kappa shape index (κ1) is 40.1. The Labute approximate surface area is 315 Å². The van der Waals surface area contributed by atoms with Gasteiger partial charge >= 0.3 is 5.97 Å². The molecule has 4 rings (SSSR count). The summed E-state index contributed by atoms with van der Waals surface area (Å²) in [6, 6.07) is 12.5. The Bertz CT molecular complexity index is 2180. The molecule has 0 spiro atoms. The van der Waals surface area contributed by atoms with Crippen molar-refractivity contribution in [2.45, 2.75) is 9.79 Å². The van der Waals surface area contributed by atoms with Crippen LogP contribution in [0.15, 0.2) is 97.0 Å². The second-order valence-electron chi connectivity index (χ2n) is 9.07. The molecule has 9 N–H and O–H groups in total. The van der Waals surface area contributed by atoms with Gasteiger partial charge < -0.3 is 27.0 Å². The smallest absolute Gasteiger partial charge is 0.339 e. The molecule has 2 radical (unpaired) electrons. The number of non-ortho nitro benzene ring substituents is 1. The number of nitro groups is 1. The number of carboxylic acids is 1. The minimum Gasteiger partial charge on any atom is -0.505 e. The molecular weight excluding hydrogens is 698 g/mol. The van der Waals surface area contributed by atoms with E-state index in [2.05, 4.69) is 25.8 Å². The van der Waals surface area contributed by atoms with E-state index in [9.17, 15) is 51.1 Å². The van der Waals surface area contributed by atoms with Crippen molar-refractivity contribution in [2.24, 2.45) is 20.5 Å². The number of hydrogen-bond donors (Lipinski definition) is 7. The van der Waals surface area contributed by atoms with Crippen molar-refractivity contribution in [2.75, 3.05) is 16.8 Å². The zero-order valence-corrected chi connectivity index (χ0v) is 30.3. The number of nitrogens with one attached hydrogen (secondary N) is 1. The Morgan fingerprint density at radius 1 is 0.771 bits per heavy atom. The number of carboxylic acid groups (broad SMARTS) is 1. The first-order valence-electron chi connectivity index (χ1n) is 12.2. The van der Waals surface area contributed by atoms with Gasteiger partial charge in [-0.05, 0) is 54.6 Å². The SMILES string of the molecule is Nc1cc(N)c(N=Nc2cc(S(=O)(=O)O)cc(C(=O)O)c2O)cc1N=Nc1ccc(Nc2ccc([N+](=O)[O-])cc2S(=O)(=O)O)cc1.[Na].[Na]. The van der Waals surface area contributed by atoms with Crippen LogP contribution < -0.4 is 16.8 Å². The number of benzene rings is 4. The summed E-state index contributed by atoms with van der Waals surface area (Å²) in [7, 11) is -9.68. The summed E-state index contributed by atoms with van der Waals surface area (Å²) in [5.41, 5.74) is 10.3. The summed E-state index contributed by atoms with van der Waals surface area (Å²) in [5.74, 6) is -2.63. The van der Waals surface area contributed by atoms with Gasteiger partial charge in [-0.15, -0.1) is 15.3 Å². The molecule has 0 atom stereocenters. The average Bonchev–Trinajstić information content (AvgIpc) is 2.96. The van der Waals surface area contributed by atoms with Gasteiger partial charge in [0.25, 0.3) is 25.9 Å². The fourth-order valence-electron chi connectivity index (χ4n) is 3.69. The van der Waals surface area contributed by atoms with Crippen LogP contribution in [0.1, 0.15) is 10.4 Å². The summed E-state index contributed by atoms with van der Waals surface area (Å²) in [4.78, 5) is 20.0. The van der Waals surface area contributed by atoms with Gasteiger partial charge in [-0.25, -0.2) is 4.79 Å². The van der Waals surface area contributed by atoms with Crippen molar-refractivity contribution in [3.8, 4) is 5.75 Å². The van der Waals surface area contributed by atoms with E-state index in [1.54, 1.807) is 0 Å². The van der Waals surface area contributed by atoms with Crippen molar-refractivity contribution in [3.63, 3.8) is 0 Å². The van der Waals surface area contributed by atoms with Gasteiger partial charge in [0.1, 0.15) is 27.5 Å². The Hall–Kier alpha value is -4.03. The van der Waals surface area contributed by atoms with Gasteiger partial charge in [0, 0.05) is 76.9 Å². The molecule has 0 amide bonds.